The minimum atomic E-state index is -1.16. The van der Waals surface area contributed by atoms with Crippen LogP contribution >= 0.6 is 0 Å². The summed E-state index contributed by atoms with van der Waals surface area (Å²) in [6.07, 6.45) is 10.1. The van der Waals surface area contributed by atoms with Gasteiger partial charge in [0.2, 0.25) is 11.9 Å². The number of anilines is 1. The van der Waals surface area contributed by atoms with Crippen molar-refractivity contribution in [3.63, 3.8) is 0 Å². The number of carboxylic acid groups (broad SMARTS) is 1. The third kappa shape index (κ3) is 12.5. The summed E-state index contributed by atoms with van der Waals surface area (Å²) in [7, 11) is 0. The van der Waals surface area contributed by atoms with Gasteiger partial charge in [-0.3, -0.25) is 19.4 Å². The maximum atomic E-state index is 12.8. The molecule has 1 aliphatic carbocycles. The van der Waals surface area contributed by atoms with Crippen LogP contribution in [0.25, 0.3) is 21.6 Å². The van der Waals surface area contributed by atoms with Gasteiger partial charge in [-0.05, 0) is 12.0 Å². The summed E-state index contributed by atoms with van der Waals surface area (Å²) in [6.45, 7) is 2.51. The number of hydrogen-bond acceptors (Lipinski definition) is 12. The summed E-state index contributed by atoms with van der Waals surface area (Å²) in [5.74, 6) is -2.95. The SMILES string of the molecule is [N-]=[N+]=NCCOCCOCCOCCNC(=O)CCC(CC(=O)C1=[C+]C=C(CCc2cnc3nc(N)[nH]c(=O)c3n2)C=C1)C(=O)O. The number of aryl methyl sites for hydroxylation is 1. The van der Waals surface area contributed by atoms with E-state index in [0.717, 1.165) is 5.57 Å². The van der Waals surface area contributed by atoms with E-state index >= 15 is 0 Å². The summed E-state index contributed by atoms with van der Waals surface area (Å²) in [6, 6.07) is 0. The molecule has 0 spiro atoms. The van der Waals surface area contributed by atoms with E-state index in [1.807, 2.05) is 0 Å². The number of aromatic amines is 1. The van der Waals surface area contributed by atoms with Crippen molar-refractivity contribution in [2.45, 2.75) is 32.1 Å². The van der Waals surface area contributed by atoms with E-state index in [4.69, 9.17) is 25.5 Å². The second-order valence-corrected chi connectivity index (χ2v) is 9.94. The fraction of sp³-hybridized carbons (Fsp3) is 0.483. The number of carboxylic acids is 1. The van der Waals surface area contributed by atoms with E-state index in [1.165, 1.54) is 6.20 Å². The number of rotatable bonds is 22. The second kappa shape index (κ2) is 19.4. The highest BCUT2D eigenvalue weighted by Gasteiger charge is 2.28. The zero-order valence-electron chi connectivity index (χ0n) is 25.1. The van der Waals surface area contributed by atoms with Crippen molar-refractivity contribution in [3.05, 3.63) is 68.1 Å². The van der Waals surface area contributed by atoms with E-state index in [9.17, 15) is 24.3 Å². The number of nitrogen functional groups attached to an aromatic ring is 1. The van der Waals surface area contributed by atoms with Gasteiger partial charge in [0.1, 0.15) is 0 Å². The topological polar surface area (TPSA) is 257 Å². The number of azide groups is 1. The fourth-order valence-corrected chi connectivity index (χ4v) is 4.14. The Balaban J connectivity index is 1.32. The number of nitrogens with one attached hydrogen (secondary N) is 2. The van der Waals surface area contributed by atoms with E-state index in [-0.39, 0.29) is 73.3 Å². The number of aliphatic carboxylic acids is 1. The number of allylic oxidation sites excluding steroid dienone is 6. The number of fused-ring (bicyclic) bond motifs is 1. The van der Waals surface area contributed by atoms with E-state index in [2.05, 4.69) is 41.4 Å². The summed E-state index contributed by atoms with van der Waals surface area (Å²) in [5.41, 5.74) is 15.1. The molecule has 0 radical (unpaired) electrons. The Hall–Kier alpha value is -5.05. The van der Waals surface area contributed by atoms with Crippen LogP contribution in [0.4, 0.5) is 5.95 Å². The Bertz CT molecular complexity index is 1560. The lowest BCUT2D eigenvalue weighted by Crippen LogP contribution is -2.29. The van der Waals surface area contributed by atoms with Crippen molar-refractivity contribution in [2.75, 3.05) is 58.5 Å². The third-order valence-corrected chi connectivity index (χ3v) is 6.55. The Morgan fingerprint density at radius 3 is 2.52 bits per heavy atom. The first-order chi connectivity index (χ1) is 22.3. The molecule has 17 heteroatoms. The number of nitrogens with zero attached hydrogens (tertiary/aromatic N) is 6. The fourth-order valence-electron chi connectivity index (χ4n) is 4.14. The largest absolute Gasteiger partial charge is 0.481 e. The van der Waals surface area contributed by atoms with Gasteiger partial charge in [0, 0.05) is 61.1 Å². The predicted octanol–water partition coefficient (Wildman–Crippen LogP) is 1.37. The normalized spacial score (nSPS) is 12.9. The molecule has 2 aromatic rings. The molecule has 2 heterocycles. The van der Waals surface area contributed by atoms with Gasteiger partial charge in [-0.25, -0.2) is 14.8 Å². The molecular weight excluding hydrogens is 602 g/mol. The van der Waals surface area contributed by atoms with Crippen LogP contribution in [0.5, 0.6) is 0 Å². The molecule has 0 fully saturated rings. The van der Waals surface area contributed by atoms with Crippen LogP contribution in [-0.4, -0.2) is 95.4 Å². The zero-order chi connectivity index (χ0) is 33.1. The zero-order valence-corrected chi connectivity index (χ0v) is 25.1. The van der Waals surface area contributed by atoms with Crippen molar-refractivity contribution in [2.24, 2.45) is 11.0 Å². The first-order valence-electron chi connectivity index (χ1n) is 14.6. The van der Waals surface area contributed by atoms with Gasteiger partial charge in [0.25, 0.3) is 11.3 Å². The van der Waals surface area contributed by atoms with Gasteiger partial charge in [-0.2, -0.15) is 4.98 Å². The highest BCUT2D eigenvalue weighted by Crippen LogP contribution is 2.20. The summed E-state index contributed by atoms with van der Waals surface area (Å²) >= 11 is 0. The van der Waals surface area contributed by atoms with E-state index in [1.54, 1.807) is 18.2 Å². The quantitative estimate of drug-likeness (QED) is 0.0469. The Kier molecular flexibility index (Phi) is 14.9. The van der Waals surface area contributed by atoms with Crippen LogP contribution in [0.15, 0.2) is 45.5 Å². The number of ketones is 1. The number of amides is 1. The maximum absolute atomic E-state index is 12.8. The van der Waals surface area contributed by atoms with Crippen LogP contribution in [-0.2, 0) is 35.0 Å². The van der Waals surface area contributed by atoms with E-state index < -0.39 is 17.4 Å². The Labute approximate surface area is 263 Å². The van der Waals surface area contributed by atoms with Crippen LogP contribution < -0.4 is 16.6 Å². The Morgan fingerprint density at radius 1 is 1.09 bits per heavy atom. The molecule has 0 aromatic carbocycles. The molecule has 0 saturated carbocycles. The lowest BCUT2D eigenvalue weighted by Gasteiger charge is -2.11. The van der Waals surface area contributed by atoms with Crippen LogP contribution in [0.3, 0.4) is 0 Å². The van der Waals surface area contributed by atoms with Crippen molar-refractivity contribution >= 4 is 34.8 Å². The number of Topliss-reactive ketones (excluding diaryl/α,β-unsaturated/α-hetero) is 1. The smallest absolute Gasteiger partial charge is 0.307 e. The van der Waals surface area contributed by atoms with Crippen molar-refractivity contribution < 1.29 is 33.7 Å². The number of nitrogens with two attached hydrogens (primary N) is 1. The monoisotopic (exact) mass is 638 g/mol. The number of ether oxygens (including phenoxy) is 3. The number of carbonyl (C=O) groups excluding carboxylic acids is 2. The Morgan fingerprint density at radius 2 is 1.83 bits per heavy atom. The summed E-state index contributed by atoms with van der Waals surface area (Å²) in [5, 5.41) is 15.6. The van der Waals surface area contributed by atoms with Crippen molar-refractivity contribution in [3.8, 4) is 0 Å². The molecule has 1 unspecified atom stereocenters. The molecule has 5 N–H and O–H groups in total. The standard InChI is InChI=1S/C29H35N9O8/c30-29-36-26-25(27(41)37-29)35-22(18-33-26)7-3-19-1-4-20(5-2-19)23(39)17-21(28(42)43)6-8-24(40)32-9-11-44-13-15-46-16-14-45-12-10-34-38-31/h1-2,4,18,21H,3,6-17H2,(H4-,30,32,33,36,37,40,41,42,43)/p+1. The molecule has 2 aromatic heterocycles. The average molecular weight is 639 g/mol. The second-order valence-electron chi connectivity index (χ2n) is 9.94. The highest BCUT2D eigenvalue weighted by molar-refractivity contribution is 5.99. The lowest BCUT2D eigenvalue weighted by molar-refractivity contribution is -0.143. The number of hydrogen-bond donors (Lipinski definition) is 4. The molecule has 1 amide bonds. The van der Waals surface area contributed by atoms with Gasteiger partial charge >= 0.3 is 5.97 Å². The van der Waals surface area contributed by atoms with Gasteiger partial charge in [-0.15, -0.1) is 0 Å². The number of H-pyrrole nitrogens is 1. The highest BCUT2D eigenvalue weighted by atomic mass is 16.5. The average Bonchev–Trinajstić information content (AvgIpc) is 3.04. The van der Waals surface area contributed by atoms with Crippen LogP contribution in [0.2, 0.25) is 0 Å². The number of aromatic nitrogens is 4. The summed E-state index contributed by atoms with van der Waals surface area (Å²) in [4.78, 5) is 66.2. The molecule has 46 heavy (non-hydrogen) atoms. The van der Waals surface area contributed by atoms with E-state index in [0.29, 0.717) is 51.6 Å². The molecule has 0 saturated heterocycles. The molecule has 1 atom stereocenters. The van der Waals surface area contributed by atoms with Crippen molar-refractivity contribution in [1.82, 2.24) is 25.3 Å². The molecule has 0 bridgehead atoms. The minimum absolute atomic E-state index is 0.00234. The molecule has 0 aliphatic heterocycles. The molecule has 244 valence electrons. The predicted molar refractivity (Wildman–Crippen MR) is 164 cm³/mol. The number of carbonyl (C=O) groups is 3. The molecular formula is C29H36N9O8+. The summed E-state index contributed by atoms with van der Waals surface area (Å²) < 4.78 is 15.9. The van der Waals surface area contributed by atoms with Crippen LogP contribution in [0.1, 0.15) is 31.4 Å². The third-order valence-electron chi connectivity index (χ3n) is 6.55. The van der Waals surface area contributed by atoms with Crippen molar-refractivity contribution in [1.29, 1.82) is 0 Å². The van der Waals surface area contributed by atoms with Gasteiger partial charge in [0.05, 0.1) is 69.9 Å². The lowest BCUT2D eigenvalue weighted by atomic mass is 9.91. The molecule has 17 nitrogen and oxygen atoms in total. The van der Waals surface area contributed by atoms with Crippen LogP contribution in [0, 0.1) is 12.0 Å². The van der Waals surface area contributed by atoms with Gasteiger partial charge < -0.3 is 30.4 Å². The minimum Gasteiger partial charge on any atom is -0.481 e. The first-order valence-corrected chi connectivity index (χ1v) is 14.6. The molecule has 1 aliphatic rings. The maximum Gasteiger partial charge on any atom is 0.307 e. The first kappa shape index (κ1) is 35.4. The molecule has 3 rings (SSSR count). The van der Waals surface area contributed by atoms with Gasteiger partial charge in [0.15, 0.2) is 16.7 Å². The van der Waals surface area contributed by atoms with Gasteiger partial charge in [-0.1, -0.05) is 5.11 Å².